The van der Waals surface area contributed by atoms with Gasteiger partial charge >= 0.3 is 0 Å². The van der Waals surface area contributed by atoms with Gasteiger partial charge in [-0.3, -0.25) is 4.79 Å². The Hall–Kier alpha value is -1.09. The molecule has 1 unspecified atom stereocenters. The lowest BCUT2D eigenvalue weighted by Gasteiger charge is -2.25. The maximum atomic E-state index is 12.1. The summed E-state index contributed by atoms with van der Waals surface area (Å²) in [5.41, 5.74) is -0.285. The minimum absolute atomic E-state index is 0.262. The zero-order valence-electron chi connectivity index (χ0n) is 9.08. The fourth-order valence-electron chi connectivity index (χ4n) is 2.28. The highest BCUT2D eigenvalue weighted by Gasteiger charge is 2.38. The summed E-state index contributed by atoms with van der Waals surface area (Å²) >= 11 is 0. The van der Waals surface area contributed by atoms with Crippen molar-refractivity contribution in [2.24, 2.45) is 0 Å². The highest BCUT2D eigenvalue weighted by molar-refractivity contribution is 5.90. The van der Waals surface area contributed by atoms with Crippen molar-refractivity contribution < 1.29 is 9.21 Å². The van der Waals surface area contributed by atoms with Gasteiger partial charge in [-0.05, 0) is 37.9 Å². The molecule has 15 heavy (non-hydrogen) atoms. The number of carbonyl (C=O) groups excluding carboxylic acids is 1. The number of rotatable bonds is 4. The molecule has 0 amide bonds. The number of hydrogen-bond donors (Lipinski definition) is 1. The predicted octanol–water partition coefficient (Wildman–Crippen LogP) is 1.92. The molecule has 0 aromatic carbocycles. The van der Waals surface area contributed by atoms with E-state index in [2.05, 4.69) is 12.2 Å². The predicted molar refractivity (Wildman–Crippen MR) is 57.7 cm³/mol. The molecular weight excluding hydrogens is 190 g/mol. The molecular formula is C12H17NO2. The second-order valence-corrected chi connectivity index (χ2v) is 4.15. The van der Waals surface area contributed by atoms with Gasteiger partial charge in [0.2, 0.25) is 0 Å². The van der Waals surface area contributed by atoms with Gasteiger partial charge in [0.25, 0.3) is 0 Å². The zero-order valence-corrected chi connectivity index (χ0v) is 9.08. The first-order valence-corrected chi connectivity index (χ1v) is 5.57. The SMILES string of the molecule is CCC1(C(=O)Cc2ccco2)CCCN1. The Kier molecular flexibility index (Phi) is 2.91. The van der Waals surface area contributed by atoms with E-state index in [1.165, 1.54) is 0 Å². The Balaban J connectivity index is 2.06. The minimum Gasteiger partial charge on any atom is -0.469 e. The van der Waals surface area contributed by atoms with Crippen LogP contribution >= 0.6 is 0 Å². The van der Waals surface area contributed by atoms with Crippen LogP contribution in [0.2, 0.25) is 0 Å². The van der Waals surface area contributed by atoms with E-state index in [0.717, 1.165) is 31.6 Å². The molecule has 1 N–H and O–H groups in total. The van der Waals surface area contributed by atoms with Gasteiger partial charge in [-0.2, -0.15) is 0 Å². The number of nitrogens with one attached hydrogen (secondary N) is 1. The van der Waals surface area contributed by atoms with Crippen LogP contribution in [-0.4, -0.2) is 17.9 Å². The first-order valence-electron chi connectivity index (χ1n) is 5.57. The molecule has 0 radical (unpaired) electrons. The van der Waals surface area contributed by atoms with Crippen molar-refractivity contribution in [2.75, 3.05) is 6.54 Å². The molecule has 1 fully saturated rings. The summed E-state index contributed by atoms with van der Waals surface area (Å²) in [5.74, 6) is 1.03. The van der Waals surface area contributed by atoms with E-state index < -0.39 is 0 Å². The number of ketones is 1. The second kappa shape index (κ2) is 4.19. The lowest BCUT2D eigenvalue weighted by molar-refractivity contribution is -0.124. The third-order valence-corrected chi connectivity index (χ3v) is 3.30. The Morgan fingerprint density at radius 1 is 1.67 bits per heavy atom. The molecule has 1 aliphatic heterocycles. The maximum Gasteiger partial charge on any atom is 0.160 e. The van der Waals surface area contributed by atoms with Gasteiger partial charge in [0.05, 0.1) is 18.2 Å². The summed E-state index contributed by atoms with van der Waals surface area (Å²) in [6.07, 6.45) is 4.95. The second-order valence-electron chi connectivity index (χ2n) is 4.15. The smallest absolute Gasteiger partial charge is 0.160 e. The Morgan fingerprint density at radius 3 is 3.07 bits per heavy atom. The van der Waals surface area contributed by atoms with Crippen LogP contribution in [0.25, 0.3) is 0 Å². The van der Waals surface area contributed by atoms with Crippen molar-refractivity contribution >= 4 is 5.78 Å². The van der Waals surface area contributed by atoms with Crippen LogP contribution in [0.3, 0.4) is 0 Å². The highest BCUT2D eigenvalue weighted by atomic mass is 16.3. The lowest BCUT2D eigenvalue weighted by atomic mass is 9.87. The van der Waals surface area contributed by atoms with Crippen LogP contribution < -0.4 is 5.32 Å². The van der Waals surface area contributed by atoms with Gasteiger partial charge < -0.3 is 9.73 Å². The molecule has 0 bridgehead atoms. The van der Waals surface area contributed by atoms with Crippen LogP contribution in [0.1, 0.15) is 31.9 Å². The molecule has 1 atom stereocenters. The molecule has 3 nitrogen and oxygen atoms in total. The molecule has 2 rings (SSSR count). The number of furan rings is 1. The Labute approximate surface area is 89.9 Å². The first kappa shape index (κ1) is 10.4. The van der Waals surface area contributed by atoms with Gasteiger partial charge in [0, 0.05) is 0 Å². The number of hydrogen-bond acceptors (Lipinski definition) is 3. The summed E-state index contributed by atoms with van der Waals surface area (Å²) in [6, 6.07) is 3.68. The van der Waals surface area contributed by atoms with Crippen LogP contribution in [0.15, 0.2) is 22.8 Å². The molecule has 1 aliphatic rings. The van der Waals surface area contributed by atoms with Crippen molar-refractivity contribution in [2.45, 2.75) is 38.1 Å². The molecule has 0 saturated carbocycles. The molecule has 1 saturated heterocycles. The molecule has 0 spiro atoms. The number of Topliss-reactive ketones (excluding diaryl/α,β-unsaturated/α-hetero) is 1. The molecule has 1 aromatic heterocycles. The van der Waals surface area contributed by atoms with Gasteiger partial charge in [-0.1, -0.05) is 6.92 Å². The number of carbonyl (C=O) groups is 1. The Bertz CT molecular complexity index is 323. The molecule has 0 aliphatic carbocycles. The third-order valence-electron chi connectivity index (χ3n) is 3.30. The van der Waals surface area contributed by atoms with Gasteiger partial charge in [0.15, 0.2) is 5.78 Å². The van der Waals surface area contributed by atoms with E-state index in [9.17, 15) is 4.79 Å². The average Bonchev–Trinajstić information content (AvgIpc) is 2.87. The lowest BCUT2D eigenvalue weighted by Crippen LogP contribution is -2.47. The van der Waals surface area contributed by atoms with Gasteiger partial charge in [0.1, 0.15) is 5.76 Å². The fraction of sp³-hybridized carbons (Fsp3) is 0.583. The third kappa shape index (κ3) is 1.97. The quantitative estimate of drug-likeness (QED) is 0.820. The summed E-state index contributed by atoms with van der Waals surface area (Å²) in [5, 5.41) is 3.34. The van der Waals surface area contributed by atoms with E-state index in [-0.39, 0.29) is 11.3 Å². The molecule has 1 aromatic rings. The summed E-state index contributed by atoms with van der Waals surface area (Å²) in [4.78, 5) is 12.1. The van der Waals surface area contributed by atoms with Crippen molar-refractivity contribution in [1.29, 1.82) is 0 Å². The van der Waals surface area contributed by atoms with Crippen LogP contribution in [0, 0.1) is 0 Å². The summed E-state index contributed by atoms with van der Waals surface area (Å²) in [7, 11) is 0. The average molecular weight is 207 g/mol. The van der Waals surface area contributed by atoms with Crippen LogP contribution in [0.4, 0.5) is 0 Å². The van der Waals surface area contributed by atoms with Gasteiger partial charge in [-0.25, -0.2) is 0 Å². The maximum absolute atomic E-state index is 12.1. The molecule has 3 heteroatoms. The van der Waals surface area contributed by atoms with Crippen LogP contribution in [0.5, 0.6) is 0 Å². The fourth-order valence-corrected chi connectivity index (χ4v) is 2.28. The van der Waals surface area contributed by atoms with Crippen LogP contribution in [-0.2, 0) is 11.2 Å². The monoisotopic (exact) mass is 207 g/mol. The topological polar surface area (TPSA) is 42.2 Å². The summed E-state index contributed by atoms with van der Waals surface area (Å²) in [6.45, 7) is 3.02. The van der Waals surface area contributed by atoms with Crippen molar-refractivity contribution in [3.63, 3.8) is 0 Å². The normalized spacial score (nSPS) is 25.7. The largest absolute Gasteiger partial charge is 0.469 e. The minimum atomic E-state index is -0.285. The molecule has 82 valence electrons. The standard InChI is InChI=1S/C12H17NO2/c1-2-12(6-4-7-13-12)11(14)9-10-5-3-8-15-10/h3,5,8,13H,2,4,6-7,9H2,1H3. The van der Waals surface area contributed by atoms with E-state index in [1.54, 1.807) is 6.26 Å². The van der Waals surface area contributed by atoms with E-state index in [4.69, 9.17) is 4.42 Å². The van der Waals surface area contributed by atoms with E-state index in [0.29, 0.717) is 6.42 Å². The zero-order chi connectivity index (χ0) is 10.7. The Morgan fingerprint density at radius 2 is 2.53 bits per heavy atom. The highest BCUT2D eigenvalue weighted by Crippen LogP contribution is 2.25. The first-order chi connectivity index (χ1) is 7.27. The summed E-state index contributed by atoms with van der Waals surface area (Å²) < 4.78 is 5.20. The van der Waals surface area contributed by atoms with Crippen molar-refractivity contribution in [3.8, 4) is 0 Å². The van der Waals surface area contributed by atoms with Gasteiger partial charge in [-0.15, -0.1) is 0 Å². The van der Waals surface area contributed by atoms with E-state index >= 15 is 0 Å². The van der Waals surface area contributed by atoms with Crippen molar-refractivity contribution in [3.05, 3.63) is 24.2 Å². The van der Waals surface area contributed by atoms with Crippen molar-refractivity contribution in [1.82, 2.24) is 5.32 Å². The molecule has 2 heterocycles. The van der Waals surface area contributed by atoms with E-state index in [1.807, 2.05) is 12.1 Å².